The zero-order chi connectivity index (χ0) is 14.9. The minimum Gasteiger partial charge on any atom is -0.489 e. The van der Waals surface area contributed by atoms with Gasteiger partial charge in [0.25, 0.3) is 0 Å². The number of hydrogen-bond donors (Lipinski definition) is 0. The van der Waals surface area contributed by atoms with Crippen LogP contribution in [0.5, 0.6) is 11.5 Å². The second-order valence-corrected chi connectivity index (χ2v) is 8.24. The van der Waals surface area contributed by atoms with Gasteiger partial charge in [-0.25, -0.2) is 8.42 Å². The van der Waals surface area contributed by atoms with E-state index in [4.69, 9.17) is 21.1 Å². The van der Waals surface area contributed by atoms with Crippen molar-refractivity contribution in [2.24, 2.45) is 5.92 Å². The third-order valence-corrected chi connectivity index (χ3v) is 5.82. The fourth-order valence-electron chi connectivity index (χ4n) is 1.93. The van der Waals surface area contributed by atoms with Gasteiger partial charge in [0.2, 0.25) is 0 Å². The fraction of sp³-hybridized carbons (Fsp3) is 0.571. The molecule has 3 unspecified atom stereocenters. The molecule has 1 heterocycles. The molecule has 0 saturated heterocycles. The molecule has 0 fully saturated rings. The molecule has 0 saturated carbocycles. The van der Waals surface area contributed by atoms with Gasteiger partial charge in [0.15, 0.2) is 21.3 Å². The summed E-state index contributed by atoms with van der Waals surface area (Å²) in [7, 11) is -3.19. The van der Waals surface area contributed by atoms with Crippen molar-refractivity contribution in [3.8, 4) is 11.5 Å². The van der Waals surface area contributed by atoms with E-state index in [9.17, 15) is 8.42 Å². The minimum absolute atomic E-state index is 0.313. The summed E-state index contributed by atoms with van der Waals surface area (Å²) in [6.45, 7) is 4.84. The molecule has 0 aromatic heterocycles. The second-order valence-electron chi connectivity index (χ2n) is 5.37. The highest BCUT2D eigenvalue weighted by atomic mass is 35.5. The molecule has 1 aromatic rings. The number of rotatable bonds is 3. The largest absolute Gasteiger partial charge is 0.489 e. The first kappa shape index (κ1) is 15.4. The molecule has 3 atom stereocenters. The van der Waals surface area contributed by atoms with Gasteiger partial charge in [0.1, 0.15) is 0 Å². The summed E-state index contributed by atoms with van der Waals surface area (Å²) in [5.41, 5.74) is 0.724. The van der Waals surface area contributed by atoms with E-state index in [0.717, 1.165) is 5.56 Å². The first-order chi connectivity index (χ1) is 9.29. The van der Waals surface area contributed by atoms with Crippen molar-refractivity contribution >= 4 is 21.4 Å². The molecule has 0 bridgehead atoms. The first-order valence-electron chi connectivity index (χ1n) is 6.51. The molecule has 0 amide bonds. The quantitative estimate of drug-likeness (QED) is 0.804. The molecule has 20 heavy (non-hydrogen) atoms. The Labute approximate surface area is 125 Å². The number of hydrogen-bond acceptors (Lipinski definition) is 4. The molecule has 6 heteroatoms. The lowest BCUT2D eigenvalue weighted by molar-refractivity contribution is 0.228. The lowest BCUT2D eigenvalue weighted by Gasteiger charge is -2.18. The summed E-state index contributed by atoms with van der Waals surface area (Å²) in [5.74, 6) is 1.61. The van der Waals surface area contributed by atoms with E-state index in [-0.39, 0.29) is 0 Å². The molecule has 112 valence electrons. The molecule has 0 N–H and O–H groups in total. The van der Waals surface area contributed by atoms with Crippen LogP contribution in [0.25, 0.3) is 0 Å². The van der Waals surface area contributed by atoms with E-state index in [1.807, 2.05) is 6.92 Å². The van der Waals surface area contributed by atoms with Crippen molar-refractivity contribution < 1.29 is 17.9 Å². The van der Waals surface area contributed by atoms with E-state index in [1.165, 1.54) is 6.26 Å². The van der Waals surface area contributed by atoms with Crippen LogP contribution in [0.1, 0.15) is 24.8 Å². The average molecular weight is 319 g/mol. The van der Waals surface area contributed by atoms with E-state index >= 15 is 0 Å². The van der Waals surface area contributed by atoms with Crippen molar-refractivity contribution in [2.45, 2.75) is 24.5 Å². The molecular formula is C14H19ClO4S. The van der Waals surface area contributed by atoms with Crippen LogP contribution in [0.2, 0.25) is 0 Å². The summed E-state index contributed by atoms with van der Waals surface area (Å²) in [5, 5.41) is -1.27. The van der Waals surface area contributed by atoms with Crippen LogP contribution in [0.3, 0.4) is 0 Å². The number of fused-ring (bicyclic) bond motifs is 1. The standard InChI is InChI=1S/C14H19ClO4S/c1-9-7-18-12-5-4-11(6-13(12)19-8-9)14(15)10(2)20(3,16)17/h4-6,9-10,14H,7-8H2,1-3H3. The monoisotopic (exact) mass is 318 g/mol. The molecule has 0 aliphatic carbocycles. The normalized spacial score (nSPS) is 21.9. The summed E-state index contributed by atoms with van der Waals surface area (Å²) in [4.78, 5) is 0. The number of sulfone groups is 1. The van der Waals surface area contributed by atoms with Crippen molar-refractivity contribution in [1.29, 1.82) is 0 Å². The highest BCUT2D eigenvalue weighted by molar-refractivity contribution is 7.91. The third-order valence-electron chi connectivity index (χ3n) is 3.42. The van der Waals surface area contributed by atoms with Gasteiger partial charge >= 0.3 is 0 Å². The topological polar surface area (TPSA) is 52.6 Å². The van der Waals surface area contributed by atoms with Crippen LogP contribution in [0, 0.1) is 5.92 Å². The summed E-state index contributed by atoms with van der Waals surface area (Å²) in [6, 6.07) is 5.34. The Bertz CT molecular complexity index is 585. The molecule has 0 spiro atoms. The summed E-state index contributed by atoms with van der Waals surface area (Å²) < 4.78 is 34.5. The first-order valence-corrected chi connectivity index (χ1v) is 8.90. The molecule has 1 aliphatic heterocycles. The molecule has 1 aromatic carbocycles. The SMILES string of the molecule is CC1COc2ccc(C(Cl)C(C)S(C)(=O)=O)cc2OC1. The molecule has 4 nitrogen and oxygen atoms in total. The Morgan fingerprint density at radius 3 is 2.45 bits per heavy atom. The second kappa shape index (κ2) is 5.82. The number of alkyl halides is 1. The van der Waals surface area contributed by atoms with Gasteiger partial charge in [-0.2, -0.15) is 0 Å². The van der Waals surface area contributed by atoms with E-state index in [0.29, 0.717) is 30.6 Å². The van der Waals surface area contributed by atoms with Crippen molar-refractivity contribution in [3.05, 3.63) is 23.8 Å². The third kappa shape index (κ3) is 3.38. The van der Waals surface area contributed by atoms with Gasteiger partial charge < -0.3 is 9.47 Å². The van der Waals surface area contributed by atoms with Crippen LogP contribution < -0.4 is 9.47 Å². The smallest absolute Gasteiger partial charge is 0.161 e. The van der Waals surface area contributed by atoms with Crippen LogP contribution in [0.4, 0.5) is 0 Å². The highest BCUT2D eigenvalue weighted by Gasteiger charge is 2.27. The summed E-state index contributed by atoms with van der Waals surface area (Å²) in [6.07, 6.45) is 1.19. The number of halogens is 1. The van der Waals surface area contributed by atoms with Gasteiger partial charge in [-0.05, 0) is 24.6 Å². The number of ether oxygens (including phenoxy) is 2. The lowest BCUT2D eigenvalue weighted by Crippen LogP contribution is -2.21. The maximum absolute atomic E-state index is 11.6. The average Bonchev–Trinajstić information content (AvgIpc) is 2.58. The van der Waals surface area contributed by atoms with Crippen LogP contribution in [-0.4, -0.2) is 33.1 Å². The Morgan fingerprint density at radius 1 is 1.25 bits per heavy atom. The van der Waals surface area contributed by atoms with Crippen LogP contribution >= 0.6 is 11.6 Å². The fourth-order valence-corrected chi connectivity index (χ4v) is 3.22. The Morgan fingerprint density at radius 2 is 1.85 bits per heavy atom. The van der Waals surface area contributed by atoms with E-state index in [2.05, 4.69) is 0 Å². The van der Waals surface area contributed by atoms with Crippen LogP contribution in [-0.2, 0) is 9.84 Å². The molecule has 1 aliphatic rings. The van der Waals surface area contributed by atoms with Gasteiger partial charge in [-0.3, -0.25) is 0 Å². The lowest BCUT2D eigenvalue weighted by atomic mass is 10.1. The van der Waals surface area contributed by atoms with E-state index in [1.54, 1.807) is 25.1 Å². The zero-order valence-electron chi connectivity index (χ0n) is 11.8. The summed E-state index contributed by atoms with van der Waals surface area (Å²) >= 11 is 6.28. The predicted molar refractivity (Wildman–Crippen MR) is 79.5 cm³/mol. The highest BCUT2D eigenvalue weighted by Crippen LogP contribution is 2.36. The van der Waals surface area contributed by atoms with Crippen molar-refractivity contribution in [1.82, 2.24) is 0 Å². The van der Waals surface area contributed by atoms with Crippen LogP contribution in [0.15, 0.2) is 18.2 Å². The zero-order valence-corrected chi connectivity index (χ0v) is 13.4. The van der Waals surface area contributed by atoms with E-state index < -0.39 is 20.5 Å². The van der Waals surface area contributed by atoms with Gasteiger partial charge in [-0.1, -0.05) is 13.0 Å². The van der Waals surface area contributed by atoms with Crippen molar-refractivity contribution in [3.63, 3.8) is 0 Å². The predicted octanol–water partition coefficient (Wildman–Crippen LogP) is 2.81. The van der Waals surface area contributed by atoms with Crippen molar-refractivity contribution in [2.75, 3.05) is 19.5 Å². The Kier molecular flexibility index (Phi) is 4.49. The maximum Gasteiger partial charge on any atom is 0.161 e. The molecular weight excluding hydrogens is 300 g/mol. The minimum atomic E-state index is -3.19. The Balaban J connectivity index is 2.27. The number of benzene rings is 1. The maximum atomic E-state index is 11.6. The molecule has 2 rings (SSSR count). The van der Waals surface area contributed by atoms with Gasteiger partial charge in [0.05, 0.1) is 23.8 Å². The molecule has 0 radical (unpaired) electrons. The van der Waals surface area contributed by atoms with Gasteiger partial charge in [-0.15, -0.1) is 11.6 Å². The Hall–Kier alpha value is -0.940. The van der Waals surface area contributed by atoms with Gasteiger partial charge in [0, 0.05) is 12.2 Å².